The zero-order valence-corrected chi connectivity index (χ0v) is 35.1. The molecule has 5 rings (SSSR count). The number of aliphatic hydroxyl groups is 2. The minimum absolute atomic E-state index is 0.0663. The summed E-state index contributed by atoms with van der Waals surface area (Å²) in [7, 11) is 0. The number of hydrogen-bond donors (Lipinski definition) is 2. The summed E-state index contributed by atoms with van der Waals surface area (Å²) in [6, 6.07) is 2.86. The molecule has 0 radical (unpaired) electrons. The number of aliphatic hydroxyl groups excluding tert-OH is 1. The molecule has 0 unspecified atom stereocenters. The van der Waals surface area contributed by atoms with E-state index in [0.29, 0.717) is 0 Å². The third-order valence-corrected chi connectivity index (χ3v) is 12.0. The second kappa shape index (κ2) is 16.0. The first kappa shape index (κ1) is 45.9. The molecular formula is C40H51NO19. The summed E-state index contributed by atoms with van der Waals surface area (Å²) < 4.78 is 53.7. The first-order valence-corrected chi connectivity index (χ1v) is 19.2. The van der Waals surface area contributed by atoms with Crippen LogP contribution >= 0.6 is 0 Å². The lowest BCUT2D eigenvalue weighted by Gasteiger charge is -2.67. The zero-order valence-electron chi connectivity index (χ0n) is 35.1. The van der Waals surface area contributed by atoms with Crippen molar-refractivity contribution in [2.45, 2.75) is 141 Å². The molecule has 1 saturated heterocycles. The third kappa shape index (κ3) is 7.35. The van der Waals surface area contributed by atoms with Crippen LogP contribution in [0, 0.1) is 17.3 Å². The van der Waals surface area contributed by atoms with Gasteiger partial charge in [-0.15, -0.1) is 0 Å². The Balaban J connectivity index is 1.98. The molecule has 2 aliphatic heterocycles. The Labute approximate surface area is 344 Å². The first-order valence-electron chi connectivity index (χ1n) is 19.2. The molecule has 4 aliphatic rings. The van der Waals surface area contributed by atoms with Crippen LogP contribution in [-0.2, 0) is 76.2 Å². The van der Waals surface area contributed by atoms with Gasteiger partial charge in [0.15, 0.2) is 17.8 Å². The van der Waals surface area contributed by atoms with Gasteiger partial charge in [0.1, 0.15) is 54.2 Å². The zero-order chi connectivity index (χ0) is 45.1. The highest BCUT2D eigenvalue weighted by molar-refractivity contribution is 5.91. The summed E-state index contributed by atoms with van der Waals surface area (Å²) in [5.41, 5.74) is -12.7. The predicted molar refractivity (Wildman–Crippen MR) is 196 cm³/mol. The standard InChI is InChI=1S/C40H51NO19/c1-17-18(2)33(48)57-30-27(47)31(56-22(6)45)39(16-52-19(3)42)32(58-35(50)36(8,9)59-23(7)46)28(54-20(4)43)25-29(55-21(5)44)40(39,38(30,11)51)60-37(25,10)15-53-34(49)24-13-12-14-41-26(17)24/h12-14,17-18,25,27-32,47,51H,15-16H2,1-11H3/t17-,18-,25+,27-,28+,29+,30-,31-,32+,37-,38-,39-,40-/m0/s1. The Hall–Kier alpha value is -5.21. The molecule has 3 heterocycles. The normalized spacial score (nSPS) is 37.2. The molecule has 2 N–H and O–H groups in total. The maximum absolute atomic E-state index is 14.3. The fourth-order valence-electron chi connectivity index (χ4n) is 9.44. The van der Waals surface area contributed by atoms with Gasteiger partial charge in [-0.1, -0.05) is 13.8 Å². The molecule has 2 saturated carbocycles. The van der Waals surface area contributed by atoms with Crippen LogP contribution in [0.3, 0.4) is 0 Å². The number of carbonyl (C=O) groups excluding carboxylic acids is 8. The number of nitrogens with zero attached hydrogens (tertiary/aromatic N) is 1. The van der Waals surface area contributed by atoms with Crippen molar-refractivity contribution in [2.75, 3.05) is 13.2 Å². The number of aromatic nitrogens is 1. The minimum Gasteiger partial charge on any atom is -0.465 e. The van der Waals surface area contributed by atoms with Crippen molar-refractivity contribution in [2.24, 2.45) is 17.3 Å². The van der Waals surface area contributed by atoms with E-state index in [-0.39, 0.29) is 11.3 Å². The van der Waals surface area contributed by atoms with Crippen LogP contribution in [0.1, 0.15) is 98.1 Å². The van der Waals surface area contributed by atoms with Crippen LogP contribution in [0.15, 0.2) is 18.3 Å². The van der Waals surface area contributed by atoms with Crippen LogP contribution in [-0.4, -0.2) is 135 Å². The van der Waals surface area contributed by atoms with Crippen molar-refractivity contribution in [1.29, 1.82) is 0 Å². The SMILES string of the molecule is CC(=O)OC[C@]12[C@H](OC(=O)C(C)(C)OC(C)=O)[C@H](OC(C)=O)[C@@H]3[C@@H](OC(C)=O)[C@@]14O[C@@]3(C)COC(=O)c1cccnc1[C@@H](C)[C@H](C)C(=O)O[C@@H]([C@H](O)[C@@H]2OC(C)=O)[C@]4(C)O. The van der Waals surface area contributed by atoms with E-state index >= 15 is 0 Å². The highest BCUT2D eigenvalue weighted by atomic mass is 16.7. The van der Waals surface area contributed by atoms with E-state index in [1.54, 1.807) is 6.92 Å². The van der Waals surface area contributed by atoms with Crippen molar-refractivity contribution in [1.82, 2.24) is 4.98 Å². The lowest BCUT2D eigenvalue weighted by atomic mass is 9.45. The average molecular weight is 850 g/mol. The Morgan fingerprint density at radius 2 is 1.45 bits per heavy atom. The van der Waals surface area contributed by atoms with E-state index in [1.807, 2.05) is 0 Å². The van der Waals surface area contributed by atoms with Gasteiger partial charge < -0.3 is 52.8 Å². The van der Waals surface area contributed by atoms with Crippen molar-refractivity contribution >= 4 is 47.8 Å². The topological polar surface area (TPSA) is 273 Å². The molecule has 2 aliphatic carbocycles. The number of pyridine rings is 1. The maximum Gasteiger partial charge on any atom is 0.350 e. The predicted octanol–water partition coefficient (Wildman–Crippen LogP) is 0.785. The van der Waals surface area contributed by atoms with Crippen LogP contribution in [0.4, 0.5) is 0 Å². The summed E-state index contributed by atoms with van der Waals surface area (Å²) in [5.74, 6) is -12.2. The number of hydrogen-bond acceptors (Lipinski definition) is 20. The van der Waals surface area contributed by atoms with Gasteiger partial charge in [0.25, 0.3) is 0 Å². The third-order valence-electron chi connectivity index (χ3n) is 12.0. The number of ether oxygens (including phenoxy) is 9. The van der Waals surface area contributed by atoms with Gasteiger partial charge in [-0.25, -0.2) is 9.59 Å². The monoisotopic (exact) mass is 849 g/mol. The van der Waals surface area contributed by atoms with Gasteiger partial charge in [-0.3, -0.25) is 33.8 Å². The molecule has 330 valence electrons. The summed E-state index contributed by atoms with van der Waals surface area (Å²) >= 11 is 0. The smallest absolute Gasteiger partial charge is 0.350 e. The van der Waals surface area contributed by atoms with Crippen LogP contribution in [0.25, 0.3) is 0 Å². The first-order chi connectivity index (χ1) is 27.7. The fourth-order valence-corrected chi connectivity index (χ4v) is 9.44. The molecule has 0 aromatic carbocycles. The number of esters is 8. The lowest BCUT2D eigenvalue weighted by Crippen LogP contribution is -2.89. The van der Waals surface area contributed by atoms with E-state index in [1.165, 1.54) is 32.2 Å². The average Bonchev–Trinajstić information content (AvgIpc) is 3.35. The van der Waals surface area contributed by atoms with E-state index in [2.05, 4.69) is 4.98 Å². The molecule has 60 heavy (non-hydrogen) atoms. The lowest BCUT2D eigenvalue weighted by molar-refractivity contribution is -0.387. The van der Waals surface area contributed by atoms with Crippen molar-refractivity contribution < 1.29 is 91.2 Å². The Kier molecular flexibility index (Phi) is 12.2. The van der Waals surface area contributed by atoms with Crippen molar-refractivity contribution in [3.63, 3.8) is 0 Å². The minimum atomic E-state index is -2.89. The highest BCUT2D eigenvalue weighted by Gasteiger charge is 2.91. The molecule has 13 atom stereocenters. The molecule has 20 nitrogen and oxygen atoms in total. The van der Waals surface area contributed by atoms with Crippen LogP contribution in [0.2, 0.25) is 0 Å². The molecular weight excluding hydrogens is 798 g/mol. The van der Waals surface area contributed by atoms with E-state index in [4.69, 9.17) is 42.6 Å². The van der Waals surface area contributed by atoms with E-state index in [9.17, 15) is 48.6 Å². The van der Waals surface area contributed by atoms with Crippen molar-refractivity contribution in [3.8, 4) is 0 Å². The van der Waals surface area contributed by atoms with Crippen LogP contribution < -0.4 is 0 Å². The quantitative estimate of drug-likeness (QED) is 0.270. The Bertz CT molecular complexity index is 1960. The summed E-state index contributed by atoms with van der Waals surface area (Å²) in [6.45, 7) is 10.6. The number of fused-ring (bicyclic) bond motifs is 5. The molecule has 3 fully saturated rings. The summed E-state index contributed by atoms with van der Waals surface area (Å²) in [4.78, 5) is 112. The molecule has 1 aromatic heterocycles. The van der Waals surface area contributed by atoms with E-state index in [0.717, 1.165) is 55.4 Å². The van der Waals surface area contributed by atoms with Gasteiger partial charge in [0.2, 0.25) is 5.60 Å². The van der Waals surface area contributed by atoms with E-state index < -0.39 is 143 Å². The number of cyclic esters (lactones) is 1. The number of carbonyl (C=O) groups is 8. The van der Waals surface area contributed by atoms with Gasteiger partial charge in [-0.2, -0.15) is 0 Å². The van der Waals surface area contributed by atoms with Gasteiger partial charge in [0.05, 0.1) is 23.1 Å². The summed E-state index contributed by atoms with van der Waals surface area (Å²) in [5, 5.41) is 25.8. The van der Waals surface area contributed by atoms with Gasteiger partial charge in [-0.05, 0) is 39.8 Å². The Morgan fingerprint density at radius 1 is 0.850 bits per heavy atom. The largest absolute Gasteiger partial charge is 0.465 e. The molecule has 4 bridgehead atoms. The summed E-state index contributed by atoms with van der Waals surface area (Å²) in [6.07, 6.45) is -11.5. The van der Waals surface area contributed by atoms with Crippen LogP contribution in [0.5, 0.6) is 0 Å². The number of rotatable bonds is 8. The second-order valence-corrected chi connectivity index (χ2v) is 16.6. The fraction of sp³-hybridized carbons (Fsp3) is 0.675. The molecule has 1 spiro atoms. The van der Waals surface area contributed by atoms with Gasteiger partial charge >= 0.3 is 47.8 Å². The molecule has 1 aromatic rings. The maximum atomic E-state index is 14.3. The van der Waals surface area contributed by atoms with Gasteiger partial charge in [0, 0.05) is 46.7 Å². The molecule has 0 amide bonds. The Morgan fingerprint density at radius 3 is 2.02 bits per heavy atom. The second-order valence-electron chi connectivity index (χ2n) is 16.6. The molecule has 20 heteroatoms. The van der Waals surface area contributed by atoms with Crippen molar-refractivity contribution in [3.05, 3.63) is 29.6 Å². The highest BCUT2D eigenvalue weighted by Crippen LogP contribution is 2.70.